The van der Waals surface area contributed by atoms with Crippen LogP contribution < -0.4 is 5.73 Å². The van der Waals surface area contributed by atoms with Crippen molar-refractivity contribution in [1.29, 1.82) is 0 Å². The van der Waals surface area contributed by atoms with Gasteiger partial charge in [0.2, 0.25) is 5.91 Å². The molecule has 1 aliphatic heterocycles. The number of likely N-dealkylation sites (tertiary alicyclic amines) is 1. The standard InChI is InChI=1S/C8H16N2O2/c1-6-2-8(12)10(4-6)5-7(11)3-9/h6-7,11H,2-5,9H2,1H3/t6?,7-/m0/s1. The number of amides is 1. The summed E-state index contributed by atoms with van der Waals surface area (Å²) in [5.74, 6) is 0.553. The van der Waals surface area contributed by atoms with E-state index in [-0.39, 0.29) is 12.5 Å². The van der Waals surface area contributed by atoms with E-state index in [9.17, 15) is 9.90 Å². The van der Waals surface area contributed by atoms with Crippen LogP contribution in [-0.4, -0.2) is 41.7 Å². The van der Waals surface area contributed by atoms with Crippen LogP contribution in [0, 0.1) is 5.92 Å². The van der Waals surface area contributed by atoms with Crippen molar-refractivity contribution in [2.24, 2.45) is 11.7 Å². The lowest BCUT2D eigenvalue weighted by Gasteiger charge is -2.18. The zero-order valence-corrected chi connectivity index (χ0v) is 7.36. The predicted octanol–water partition coefficient (Wildman–Crippen LogP) is -0.826. The third-order valence-corrected chi connectivity index (χ3v) is 2.11. The number of hydrogen-bond donors (Lipinski definition) is 2. The zero-order valence-electron chi connectivity index (χ0n) is 7.36. The van der Waals surface area contributed by atoms with Crippen molar-refractivity contribution in [2.45, 2.75) is 19.4 Å². The van der Waals surface area contributed by atoms with Gasteiger partial charge < -0.3 is 15.7 Å². The molecule has 0 aromatic carbocycles. The van der Waals surface area contributed by atoms with Crippen LogP contribution in [0.25, 0.3) is 0 Å². The highest BCUT2D eigenvalue weighted by Crippen LogP contribution is 2.16. The van der Waals surface area contributed by atoms with E-state index >= 15 is 0 Å². The number of rotatable bonds is 3. The number of aliphatic hydroxyl groups excluding tert-OH is 1. The third kappa shape index (κ3) is 2.19. The number of nitrogens with two attached hydrogens (primary N) is 1. The lowest BCUT2D eigenvalue weighted by atomic mass is 10.2. The van der Waals surface area contributed by atoms with E-state index in [1.807, 2.05) is 6.92 Å². The van der Waals surface area contributed by atoms with E-state index in [0.717, 1.165) is 6.54 Å². The monoisotopic (exact) mass is 172 g/mol. The van der Waals surface area contributed by atoms with Gasteiger partial charge in [-0.25, -0.2) is 0 Å². The van der Waals surface area contributed by atoms with E-state index in [0.29, 0.717) is 18.9 Å². The Morgan fingerprint density at radius 2 is 2.50 bits per heavy atom. The van der Waals surface area contributed by atoms with Crippen LogP contribution in [0.4, 0.5) is 0 Å². The summed E-state index contributed by atoms with van der Waals surface area (Å²) in [5, 5.41) is 9.20. The molecular formula is C8H16N2O2. The second kappa shape index (κ2) is 3.87. The minimum Gasteiger partial charge on any atom is -0.390 e. The van der Waals surface area contributed by atoms with Crippen LogP contribution in [0.3, 0.4) is 0 Å². The number of β-amino-alcohol motifs (C(OH)–C–C–N with tert-alkyl or cyclic N) is 1. The smallest absolute Gasteiger partial charge is 0.223 e. The summed E-state index contributed by atoms with van der Waals surface area (Å²) in [4.78, 5) is 12.9. The average Bonchev–Trinajstić information content (AvgIpc) is 2.30. The van der Waals surface area contributed by atoms with Crippen LogP contribution in [0.1, 0.15) is 13.3 Å². The molecule has 0 radical (unpaired) electrons. The molecule has 4 heteroatoms. The van der Waals surface area contributed by atoms with E-state index in [1.54, 1.807) is 4.90 Å². The predicted molar refractivity (Wildman–Crippen MR) is 45.4 cm³/mol. The molecular weight excluding hydrogens is 156 g/mol. The highest BCUT2D eigenvalue weighted by Gasteiger charge is 2.27. The van der Waals surface area contributed by atoms with Gasteiger partial charge in [0.05, 0.1) is 6.10 Å². The van der Waals surface area contributed by atoms with Gasteiger partial charge in [-0.2, -0.15) is 0 Å². The summed E-state index contributed by atoms with van der Waals surface area (Å²) in [6, 6.07) is 0. The molecule has 1 heterocycles. The van der Waals surface area contributed by atoms with Crippen molar-refractivity contribution in [3.63, 3.8) is 0 Å². The van der Waals surface area contributed by atoms with Crippen molar-refractivity contribution in [3.8, 4) is 0 Å². The maximum atomic E-state index is 11.2. The molecule has 0 spiro atoms. The van der Waals surface area contributed by atoms with Crippen molar-refractivity contribution in [2.75, 3.05) is 19.6 Å². The van der Waals surface area contributed by atoms with Crippen molar-refractivity contribution < 1.29 is 9.90 Å². The quantitative estimate of drug-likeness (QED) is 0.584. The molecule has 0 aliphatic carbocycles. The first-order valence-corrected chi connectivity index (χ1v) is 4.29. The molecule has 12 heavy (non-hydrogen) atoms. The molecule has 1 amide bonds. The Balaban J connectivity index is 2.37. The summed E-state index contributed by atoms with van der Waals surface area (Å²) >= 11 is 0. The Kier molecular flexibility index (Phi) is 3.05. The molecule has 1 unspecified atom stereocenters. The Labute approximate surface area is 72.3 Å². The van der Waals surface area contributed by atoms with Crippen LogP contribution in [-0.2, 0) is 4.79 Å². The first-order valence-electron chi connectivity index (χ1n) is 4.29. The van der Waals surface area contributed by atoms with E-state index < -0.39 is 6.10 Å². The Hall–Kier alpha value is -0.610. The minimum absolute atomic E-state index is 0.134. The number of aliphatic hydroxyl groups is 1. The summed E-state index contributed by atoms with van der Waals surface area (Å²) < 4.78 is 0. The van der Waals surface area contributed by atoms with Gasteiger partial charge in [-0.1, -0.05) is 6.92 Å². The molecule has 4 nitrogen and oxygen atoms in total. The molecule has 2 atom stereocenters. The SMILES string of the molecule is CC1CC(=O)N(C[C@@H](O)CN)C1. The van der Waals surface area contributed by atoms with Gasteiger partial charge in [-0.3, -0.25) is 4.79 Å². The first-order chi connectivity index (χ1) is 5.63. The van der Waals surface area contributed by atoms with Gasteiger partial charge >= 0.3 is 0 Å². The number of carbonyl (C=O) groups excluding carboxylic acids is 1. The van der Waals surface area contributed by atoms with Crippen LogP contribution in [0.2, 0.25) is 0 Å². The van der Waals surface area contributed by atoms with Crippen molar-refractivity contribution >= 4 is 5.91 Å². The van der Waals surface area contributed by atoms with E-state index in [4.69, 9.17) is 5.73 Å². The van der Waals surface area contributed by atoms with Gasteiger partial charge in [0.1, 0.15) is 0 Å². The lowest BCUT2D eigenvalue weighted by Crippen LogP contribution is -2.37. The van der Waals surface area contributed by atoms with Gasteiger partial charge in [0.15, 0.2) is 0 Å². The molecule has 3 N–H and O–H groups in total. The van der Waals surface area contributed by atoms with Gasteiger partial charge in [-0.05, 0) is 5.92 Å². The summed E-state index contributed by atoms with van der Waals surface area (Å²) in [7, 11) is 0. The van der Waals surface area contributed by atoms with Gasteiger partial charge in [-0.15, -0.1) is 0 Å². The summed E-state index contributed by atoms with van der Waals surface area (Å²) in [6.07, 6.45) is 0.0383. The molecule has 1 rings (SSSR count). The molecule has 70 valence electrons. The number of nitrogens with zero attached hydrogens (tertiary/aromatic N) is 1. The minimum atomic E-state index is -0.570. The maximum Gasteiger partial charge on any atom is 0.223 e. The zero-order chi connectivity index (χ0) is 9.14. The van der Waals surface area contributed by atoms with E-state index in [1.165, 1.54) is 0 Å². The highest BCUT2D eigenvalue weighted by atomic mass is 16.3. The van der Waals surface area contributed by atoms with Gasteiger partial charge in [0.25, 0.3) is 0 Å². The fourth-order valence-corrected chi connectivity index (χ4v) is 1.48. The topological polar surface area (TPSA) is 66.6 Å². The molecule has 0 aromatic rings. The fourth-order valence-electron chi connectivity index (χ4n) is 1.48. The lowest BCUT2D eigenvalue weighted by molar-refractivity contribution is -0.128. The number of carbonyl (C=O) groups is 1. The molecule has 1 aliphatic rings. The maximum absolute atomic E-state index is 11.2. The molecule has 0 saturated carbocycles. The van der Waals surface area contributed by atoms with Crippen LogP contribution in [0.5, 0.6) is 0 Å². The first kappa shape index (κ1) is 9.48. The molecule has 0 bridgehead atoms. The largest absolute Gasteiger partial charge is 0.390 e. The second-order valence-electron chi connectivity index (χ2n) is 3.50. The highest BCUT2D eigenvalue weighted by molar-refractivity contribution is 5.78. The van der Waals surface area contributed by atoms with E-state index in [2.05, 4.69) is 0 Å². The number of hydrogen-bond acceptors (Lipinski definition) is 3. The molecule has 0 aromatic heterocycles. The second-order valence-corrected chi connectivity index (χ2v) is 3.50. The molecule has 1 fully saturated rings. The Morgan fingerprint density at radius 3 is 2.92 bits per heavy atom. The summed E-state index contributed by atoms with van der Waals surface area (Å²) in [6.45, 7) is 3.40. The summed E-state index contributed by atoms with van der Waals surface area (Å²) in [5.41, 5.74) is 5.24. The van der Waals surface area contributed by atoms with Crippen molar-refractivity contribution in [1.82, 2.24) is 4.90 Å². The fraction of sp³-hybridized carbons (Fsp3) is 0.875. The van der Waals surface area contributed by atoms with Crippen LogP contribution >= 0.6 is 0 Å². The van der Waals surface area contributed by atoms with Gasteiger partial charge in [0, 0.05) is 26.1 Å². The van der Waals surface area contributed by atoms with Crippen LogP contribution in [0.15, 0.2) is 0 Å². The van der Waals surface area contributed by atoms with Crippen molar-refractivity contribution in [3.05, 3.63) is 0 Å². The average molecular weight is 172 g/mol. The third-order valence-electron chi connectivity index (χ3n) is 2.11. The molecule has 1 saturated heterocycles. The normalized spacial score (nSPS) is 26.4. The Morgan fingerprint density at radius 1 is 1.83 bits per heavy atom. The Bertz CT molecular complexity index is 172.